The fourth-order valence-corrected chi connectivity index (χ4v) is 4.17. The highest BCUT2D eigenvalue weighted by Gasteiger charge is 2.32. The Morgan fingerprint density at radius 3 is 2.61 bits per heavy atom. The number of nitrogens with one attached hydrogen (secondary N) is 1. The predicted octanol–water partition coefficient (Wildman–Crippen LogP) is 3.08. The van der Waals surface area contributed by atoms with Crippen molar-refractivity contribution in [3.63, 3.8) is 0 Å². The van der Waals surface area contributed by atoms with Crippen molar-refractivity contribution in [1.29, 1.82) is 0 Å². The normalized spacial score (nSPS) is 20.8. The third-order valence-electron chi connectivity index (χ3n) is 5.83. The Labute approximate surface area is 168 Å². The van der Waals surface area contributed by atoms with Gasteiger partial charge in [0, 0.05) is 32.2 Å². The second kappa shape index (κ2) is 8.95. The molecule has 6 nitrogen and oxygen atoms in total. The van der Waals surface area contributed by atoms with Crippen molar-refractivity contribution < 1.29 is 14.3 Å². The van der Waals surface area contributed by atoms with Gasteiger partial charge in [-0.05, 0) is 49.4 Å². The number of rotatable bonds is 4. The van der Waals surface area contributed by atoms with E-state index in [4.69, 9.17) is 4.74 Å². The summed E-state index contributed by atoms with van der Waals surface area (Å²) in [7, 11) is 2.07. The van der Waals surface area contributed by atoms with E-state index in [1.165, 1.54) is 11.1 Å². The summed E-state index contributed by atoms with van der Waals surface area (Å²) in [6.45, 7) is 9.48. The Hall–Kier alpha value is -2.08. The molecule has 0 aromatic heterocycles. The molecule has 1 aromatic carbocycles. The first-order chi connectivity index (χ1) is 13.4. The van der Waals surface area contributed by atoms with Crippen LogP contribution in [0.4, 0.5) is 4.79 Å². The molecular weight excluding hydrogens is 354 g/mol. The average molecular weight is 388 g/mol. The van der Waals surface area contributed by atoms with Crippen molar-refractivity contribution in [1.82, 2.24) is 15.1 Å². The number of hydrogen-bond acceptors (Lipinski definition) is 4. The molecule has 1 fully saturated rings. The summed E-state index contributed by atoms with van der Waals surface area (Å²) >= 11 is 0. The van der Waals surface area contributed by atoms with Gasteiger partial charge in [-0.2, -0.15) is 0 Å². The second-order valence-corrected chi connectivity index (χ2v) is 8.33. The fourth-order valence-electron chi connectivity index (χ4n) is 4.17. The molecule has 1 unspecified atom stereocenters. The van der Waals surface area contributed by atoms with E-state index in [0.29, 0.717) is 25.6 Å². The molecular formula is C22H33N3O3. The first kappa shape index (κ1) is 20.6. The number of likely N-dealkylation sites (N-methyl/N-ethyl adjacent to an activating group) is 1. The van der Waals surface area contributed by atoms with Gasteiger partial charge < -0.3 is 19.9 Å². The van der Waals surface area contributed by atoms with Crippen molar-refractivity contribution in [3.05, 3.63) is 34.9 Å². The van der Waals surface area contributed by atoms with Crippen molar-refractivity contribution in [2.24, 2.45) is 0 Å². The number of amides is 2. The van der Waals surface area contributed by atoms with Crippen LogP contribution in [0.3, 0.4) is 0 Å². The highest BCUT2D eigenvalue weighted by atomic mass is 16.6. The summed E-state index contributed by atoms with van der Waals surface area (Å²) in [5.41, 5.74) is 3.74. The zero-order valence-corrected chi connectivity index (χ0v) is 17.5. The lowest BCUT2D eigenvalue weighted by atomic mass is 9.86. The number of hydrogen-bond donors (Lipinski definition) is 1. The third kappa shape index (κ3) is 4.66. The van der Waals surface area contributed by atoms with E-state index < -0.39 is 0 Å². The average Bonchev–Trinajstić information content (AvgIpc) is 2.67. The van der Waals surface area contributed by atoms with Crippen molar-refractivity contribution >= 4 is 12.0 Å². The molecule has 1 atom stereocenters. The maximum absolute atomic E-state index is 13.1. The highest BCUT2D eigenvalue weighted by Crippen LogP contribution is 2.31. The summed E-state index contributed by atoms with van der Waals surface area (Å²) in [4.78, 5) is 28.8. The van der Waals surface area contributed by atoms with E-state index in [1.807, 2.05) is 6.92 Å². The molecule has 0 radical (unpaired) electrons. The molecule has 3 rings (SSSR count). The number of nitrogens with zero attached hydrogens (tertiary/aromatic N) is 2. The molecule has 154 valence electrons. The summed E-state index contributed by atoms with van der Waals surface area (Å²) in [5.74, 6) is 0.437. The largest absolute Gasteiger partial charge is 0.450 e. The van der Waals surface area contributed by atoms with Gasteiger partial charge in [0.25, 0.3) is 0 Å². The van der Waals surface area contributed by atoms with Gasteiger partial charge in [0.15, 0.2) is 0 Å². The van der Waals surface area contributed by atoms with Gasteiger partial charge >= 0.3 is 6.09 Å². The lowest BCUT2D eigenvalue weighted by molar-refractivity contribution is -0.124. The monoisotopic (exact) mass is 387 g/mol. The topological polar surface area (TPSA) is 61.9 Å². The molecule has 2 aliphatic heterocycles. The number of benzene rings is 1. The van der Waals surface area contributed by atoms with Gasteiger partial charge in [-0.25, -0.2) is 4.79 Å². The van der Waals surface area contributed by atoms with Crippen LogP contribution in [0.1, 0.15) is 62.1 Å². The third-order valence-corrected chi connectivity index (χ3v) is 5.83. The number of ether oxygens (including phenoxy) is 1. The molecule has 2 aliphatic rings. The minimum atomic E-state index is -0.254. The molecule has 28 heavy (non-hydrogen) atoms. The van der Waals surface area contributed by atoms with Crippen LogP contribution in [0.25, 0.3) is 0 Å². The molecule has 0 spiro atoms. The van der Waals surface area contributed by atoms with Crippen LogP contribution in [-0.4, -0.2) is 61.1 Å². The van der Waals surface area contributed by atoms with Crippen molar-refractivity contribution in [2.45, 2.75) is 58.0 Å². The zero-order valence-electron chi connectivity index (χ0n) is 17.5. The molecule has 1 N–H and O–H groups in total. The molecule has 2 heterocycles. The number of fused-ring (bicyclic) bond motifs is 1. The van der Waals surface area contributed by atoms with Crippen LogP contribution in [0.15, 0.2) is 18.2 Å². The Bertz CT molecular complexity index is 711. The van der Waals surface area contributed by atoms with Crippen LogP contribution in [0, 0.1) is 0 Å². The van der Waals surface area contributed by atoms with Gasteiger partial charge in [0.05, 0.1) is 12.5 Å². The van der Waals surface area contributed by atoms with Crippen molar-refractivity contribution in [3.8, 4) is 0 Å². The summed E-state index contributed by atoms with van der Waals surface area (Å²) < 4.78 is 5.06. The Balaban J connectivity index is 1.63. The van der Waals surface area contributed by atoms with Gasteiger partial charge in [0.2, 0.25) is 5.91 Å². The first-order valence-electron chi connectivity index (χ1n) is 10.4. The minimum Gasteiger partial charge on any atom is -0.450 e. The fraction of sp³-hybridized carbons (Fsp3) is 0.636. The lowest BCUT2D eigenvalue weighted by Crippen LogP contribution is -2.49. The SMILES string of the molecule is CCOC(=O)N1CCC(NC(=O)C2CN(C)Cc3cc(C(C)C)ccc32)CC1. The van der Waals surface area contributed by atoms with Crippen LogP contribution in [-0.2, 0) is 16.1 Å². The van der Waals surface area contributed by atoms with Gasteiger partial charge in [-0.3, -0.25) is 4.79 Å². The molecule has 0 saturated carbocycles. The zero-order chi connectivity index (χ0) is 20.3. The molecule has 6 heteroatoms. The van der Waals surface area contributed by atoms with Crippen LogP contribution < -0.4 is 5.32 Å². The molecule has 1 saturated heterocycles. The van der Waals surface area contributed by atoms with Crippen LogP contribution in [0.2, 0.25) is 0 Å². The van der Waals surface area contributed by atoms with Crippen LogP contribution >= 0.6 is 0 Å². The number of likely N-dealkylation sites (tertiary alicyclic amines) is 1. The van der Waals surface area contributed by atoms with Crippen LogP contribution in [0.5, 0.6) is 0 Å². The summed E-state index contributed by atoms with van der Waals surface area (Å²) in [6.07, 6.45) is 1.29. The van der Waals surface area contributed by atoms with E-state index in [1.54, 1.807) is 4.90 Å². The van der Waals surface area contributed by atoms with Gasteiger partial charge in [-0.1, -0.05) is 32.0 Å². The van der Waals surface area contributed by atoms with Gasteiger partial charge in [0.1, 0.15) is 0 Å². The predicted molar refractivity (Wildman–Crippen MR) is 109 cm³/mol. The quantitative estimate of drug-likeness (QED) is 0.862. The minimum absolute atomic E-state index is 0.0969. The lowest BCUT2D eigenvalue weighted by Gasteiger charge is -2.35. The molecule has 1 aromatic rings. The van der Waals surface area contributed by atoms with Gasteiger partial charge in [-0.15, -0.1) is 0 Å². The van der Waals surface area contributed by atoms with E-state index in [9.17, 15) is 9.59 Å². The molecule has 0 bridgehead atoms. The van der Waals surface area contributed by atoms with E-state index in [-0.39, 0.29) is 24.0 Å². The Kier molecular flexibility index (Phi) is 6.60. The van der Waals surface area contributed by atoms with E-state index >= 15 is 0 Å². The first-order valence-corrected chi connectivity index (χ1v) is 10.4. The standard InChI is InChI=1S/C22H33N3O3/c1-5-28-22(27)25-10-8-18(9-11-25)23-21(26)20-14-24(4)13-17-12-16(15(2)3)6-7-19(17)20/h6-7,12,15,18,20H,5,8-11,13-14H2,1-4H3,(H,23,26). The maximum atomic E-state index is 13.1. The molecule has 0 aliphatic carbocycles. The number of carbonyl (C=O) groups is 2. The number of piperidine rings is 1. The Morgan fingerprint density at radius 2 is 1.96 bits per heavy atom. The molecule has 2 amide bonds. The van der Waals surface area contributed by atoms with E-state index in [0.717, 1.165) is 31.5 Å². The summed E-state index contributed by atoms with van der Waals surface area (Å²) in [5, 5.41) is 3.23. The number of carbonyl (C=O) groups excluding carboxylic acids is 2. The van der Waals surface area contributed by atoms with E-state index in [2.05, 4.69) is 49.3 Å². The highest BCUT2D eigenvalue weighted by molar-refractivity contribution is 5.85. The second-order valence-electron chi connectivity index (χ2n) is 8.33. The maximum Gasteiger partial charge on any atom is 0.409 e. The Morgan fingerprint density at radius 1 is 1.25 bits per heavy atom. The summed E-state index contributed by atoms with van der Waals surface area (Å²) in [6, 6.07) is 6.68. The smallest absolute Gasteiger partial charge is 0.409 e. The van der Waals surface area contributed by atoms with Crippen molar-refractivity contribution in [2.75, 3.05) is 33.3 Å².